The Morgan fingerprint density at radius 3 is 1.67 bits per heavy atom. The topological polar surface area (TPSA) is 69.4 Å². The Balaban J connectivity index is 0. The maximum absolute atomic E-state index is 9.06. The third kappa shape index (κ3) is 8.84. The quantitative estimate of drug-likeness (QED) is 0.272. The van der Waals surface area contributed by atoms with Crippen molar-refractivity contribution in [2.75, 3.05) is 0 Å². The molecule has 4 nitrogen and oxygen atoms in total. The van der Waals surface area contributed by atoms with Crippen LogP contribution in [-0.2, 0) is 31.8 Å². The summed E-state index contributed by atoms with van der Waals surface area (Å²) in [5, 5.41) is 0. The van der Waals surface area contributed by atoms with Crippen molar-refractivity contribution < 1.29 is 29.2 Å². The zero-order chi connectivity index (χ0) is 4.28. The Labute approximate surface area is 46.7 Å². The van der Waals surface area contributed by atoms with Gasteiger partial charge in [-0.1, -0.05) is 0 Å². The Bertz CT molecular complexity index is 68.9. The summed E-state index contributed by atoms with van der Waals surface area (Å²) in [4.78, 5) is 0. The van der Waals surface area contributed by atoms with Crippen molar-refractivity contribution in [3.8, 4) is 0 Å². The van der Waals surface area contributed by atoms with Crippen LogP contribution in [0.25, 0.3) is 0 Å². The van der Waals surface area contributed by atoms with Crippen molar-refractivity contribution in [2.45, 2.75) is 0 Å². The third-order valence-corrected chi connectivity index (χ3v) is 0.258. The van der Waals surface area contributed by atoms with Gasteiger partial charge in [0.05, 0.1) is 0 Å². The normalized spacial score (nSPS) is 7.67. The van der Waals surface area contributed by atoms with Gasteiger partial charge in [0.2, 0.25) is 0 Å². The molecule has 0 fully saturated rings. The number of rotatable bonds is 1. The van der Waals surface area contributed by atoms with E-state index in [1.165, 1.54) is 0 Å². The minimum Gasteiger partial charge on any atom is -0.201 e. The van der Waals surface area contributed by atoms with Crippen molar-refractivity contribution in [1.82, 2.24) is 0 Å². The molecule has 0 amide bonds. The van der Waals surface area contributed by atoms with Crippen LogP contribution in [0.2, 0.25) is 0 Å². The SMILES string of the molecule is NO[SH](=O)=O.[Ni]. The van der Waals surface area contributed by atoms with Crippen molar-refractivity contribution >= 4 is 11.0 Å². The number of nitrogens with two attached hydrogens (primary N) is 1. The maximum Gasteiger partial charge on any atom is 0.272 e. The van der Waals surface area contributed by atoms with Crippen molar-refractivity contribution in [1.29, 1.82) is 0 Å². The standard InChI is InChI=1S/H3NO3S.Ni/c1-4-5(2)3;/h5H,1H2;. The molecule has 0 rings (SSSR count). The van der Waals surface area contributed by atoms with Gasteiger partial charge in [-0.2, -0.15) is 10.2 Å². The predicted molar refractivity (Wildman–Crippen MR) is 15.6 cm³/mol. The average Bonchev–Trinajstić information content (AvgIpc) is 1.38. The van der Waals surface area contributed by atoms with Gasteiger partial charge in [0.15, 0.2) is 0 Å². The van der Waals surface area contributed by atoms with E-state index in [4.69, 9.17) is 8.42 Å². The molecule has 0 aliphatic carbocycles. The van der Waals surface area contributed by atoms with Crippen LogP contribution >= 0.6 is 0 Å². The van der Waals surface area contributed by atoms with Crippen LogP contribution in [0.3, 0.4) is 0 Å². The maximum atomic E-state index is 9.06. The number of hydrogen-bond acceptors (Lipinski definition) is 4. The summed E-state index contributed by atoms with van der Waals surface area (Å²) in [5.74, 6) is 4.08. The first-order chi connectivity index (χ1) is 2.27. The molecule has 42 valence electrons. The molecule has 0 unspecified atom stereocenters. The third-order valence-electron chi connectivity index (χ3n) is 0.0861. The van der Waals surface area contributed by atoms with Gasteiger partial charge in [0.25, 0.3) is 11.0 Å². The van der Waals surface area contributed by atoms with Gasteiger partial charge in [0.1, 0.15) is 0 Å². The van der Waals surface area contributed by atoms with Crippen LogP contribution < -0.4 is 5.90 Å². The van der Waals surface area contributed by atoms with E-state index in [0.717, 1.165) is 0 Å². The summed E-state index contributed by atoms with van der Waals surface area (Å²) in [6.45, 7) is 0. The Morgan fingerprint density at radius 2 is 1.67 bits per heavy atom. The van der Waals surface area contributed by atoms with Crippen LogP contribution in [0, 0.1) is 0 Å². The van der Waals surface area contributed by atoms with E-state index in [9.17, 15) is 0 Å². The van der Waals surface area contributed by atoms with E-state index >= 15 is 0 Å². The van der Waals surface area contributed by atoms with Crippen LogP contribution in [-0.4, -0.2) is 8.42 Å². The number of thiol groups is 1. The Kier molecular flexibility index (Phi) is 8.59. The molecule has 0 aromatic carbocycles. The van der Waals surface area contributed by atoms with Gasteiger partial charge in [-0.25, -0.2) is 8.42 Å². The van der Waals surface area contributed by atoms with E-state index in [1.54, 1.807) is 0 Å². The fourth-order valence-corrected chi connectivity index (χ4v) is 0. The van der Waals surface area contributed by atoms with E-state index in [2.05, 4.69) is 10.2 Å². The van der Waals surface area contributed by atoms with E-state index in [0.29, 0.717) is 0 Å². The molecule has 0 radical (unpaired) electrons. The fraction of sp³-hybridized carbons (Fsp3) is 0. The van der Waals surface area contributed by atoms with Gasteiger partial charge < -0.3 is 0 Å². The van der Waals surface area contributed by atoms with Crippen LogP contribution in [0.5, 0.6) is 0 Å². The van der Waals surface area contributed by atoms with Gasteiger partial charge in [-0.3, -0.25) is 0 Å². The summed E-state index contributed by atoms with van der Waals surface area (Å²) >= 11 is 0. The summed E-state index contributed by atoms with van der Waals surface area (Å²) in [5.41, 5.74) is 0. The molecule has 0 heterocycles. The molecule has 0 saturated heterocycles. The molecule has 6 heavy (non-hydrogen) atoms. The molecule has 0 spiro atoms. The Hall–Kier alpha value is 0.364. The molecule has 0 saturated carbocycles. The molecule has 0 aliphatic rings. The second-order valence-electron chi connectivity index (χ2n) is 0.329. The Morgan fingerprint density at radius 1 is 1.50 bits per heavy atom. The largest absolute Gasteiger partial charge is 0.272 e. The molecular weight excluding hydrogens is 153 g/mol. The number of hydrogen-bond donors (Lipinski definition) is 2. The molecule has 2 N–H and O–H groups in total. The van der Waals surface area contributed by atoms with Gasteiger partial charge in [-0.15, -0.1) is 0 Å². The summed E-state index contributed by atoms with van der Waals surface area (Å²) in [6.07, 6.45) is 0. The molecule has 0 aromatic rings. The van der Waals surface area contributed by atoms with Crippen LogP contribution in [0.4, 0.5) is 0 Å². The molecule has 0 aliphatic heterocycles. The van der Waals surface area contributed by atoms with E-state index in [-0.39, 0.29) is 16.5 Å². The van der Waals surface area contributed by atoms with Crippen molar-refractivity contribution in [3.63, 3.8) is 0 Å². The van der Waals surface area contributed by atoms with E-state index in [1.807, 2.05) is 0 Å². The zero-order valence-electron chi connectivity index (χ0n) is 2.57. The van der Waals surface area contributed by atoms with Crippen molar-refractivity contribution in [3.05, 3.63) is 0 Å². The van der Waals surface area contributed by atoms with Gasteiger partial charge >= 0.3 is 0 Å². The van der Waals surface area contributed by atoms with Crippen LogP contribution in [0.15, 0.2) is 0 Å². The fourth-order valence-electron chi connectivity index (χ4n) is 0. The second-order valence-corrected chi connectivity index (χ2v) is 0.987. The molecule has 0 atom stereocenters. The molecule has 0 aromatic heterocycles. The van der Waals surface area contributed by atoms with E-state index < -0.39 is 11.0 Å². The molecule has 6 heteroatoms. The summed E-state index contributed by atoms with van der Waals surface area (Å²) in [6, 6.07) is 0. The van der Waals surface area contributed by atoms with Gasteiger partial charge in [-0.05, 0) is 0 Å². The summed E-state index contributed by atoms with van der Waals surface area (Å²) in [7, 11) is -2.82. The predicted octanol–water partition coefficient (Wildman–Crippen LogP) is -1.60. The first kappa shape index (κ1) is 9.61. The monoisotopic (exact) mass is 155 g/mol. The second kappa shape index (κ2) is 5.36. The smallest absolute Gasteiger partial charge is 0.201 e. The molecular formula is H3NNiO3S. The summed E-state index contributed by atoms with van der Waals surface area (Å²) < 4.78 is 21.3. The molecule has 0 bridgehead atoms. The van der Waals surface area contributed by atoms with Gasteiger partial charge in [0, 0.05) is 16.5 Å². The average molecular weight is 156 g/mol. The first-order valence-corrected chi connectivity index (χ1v) is 1.88. The zero-order valence-corrected chi connectivity index (χ0v) is 4.45. The van der Waals surface area contributed by atoms with Crippen molar-refractivity contribution in [2.24, 2.45) is 5.90 Å². The minimum absolute atomic E-state index is 0. The first-order valence-electron chi connectivity index (χ1n) is 0.783. The van der Waals surface area contributed by atoms with Crippen LogP contribution in [0.1, 0.15) is 0 Å². The minimum atomic E-state index is -2.82.